The van der Waals surface area contributed by atoms with E-state index in [1.54, 1.807) is 6.07 Å². The van der Waals surface area contributed by atoms with E-state index in [-0.39, 0.29) is 10.9 Å². The van der Waals surface area contributed by atoms with Crippen molar-refractivity contribution in [3.8, 4) is 6.07 Å². The summed E-state index contributed by atoms with van der Waals surface area (Å²) < 4.78 is 40.9. The van der Waals surface area contributed by atoms with Gasteiger partial charge in [0.25, 0.3) is 0 Å². The van der Waals surface area contributed by atoms with Crippen molar-refractivity contribution < 1.29 is 12.8 Å². The molecule has 0 saturated heterocycles. The van der Waals surface area contributed by atoms with Crippen molar-refractivity contribution in [3.63, 3.8) is 0 Å². The van der Waals surface area contributed by atoms with Crippen LogP contribution in [0, 0.1) is 17.1 Å². The lowest BCUT2D eigenvalue weighted by Gasteiger charge is -2.18. The molecule has 0 aliphatic rings. The Balaban J connectivity index is 3.05. The number of unbranched alkanes of at least 4 members (excludes halogenated alkanes) is 1. The summed E-state index contributed by atoms with van der Waals surface area (Å²) in [5.74, 6) is -0.819. The molecule has 0 bridgehead atoms. The fraction of sp³-hybridized carbons (Fsp3) is 0.533. The minimum Gasteiger partial charge on any atom is -0.208 e. The van der Waals surface area contributed by atoms with Crippen LogP contribution in [-0.4, -0.2) is 14.5 Å². The largest absolute Gasteiger partial charge is 0.242 e. The Morgan fingerprint density at radius 3 is 2.57 bits per heavy atom. The van der Waals surface area contributed by atoms with Gasteiger partial charge in [-0.05, 0) is 25.0 Å². The number of nitrogens with one attached hydrogen (secondary N) is 1. The van der Waals surface area contributed by atoms with Crippen molar-refractivity contribution in [2.75, 3.05) is 0 Å². The Kier molecular flexibility index (Phi) is 6.79. The van der Waals surface area contributed by atoms with Crippen LogP contribution in [0.5, 0.6) is 0 Å². The van der Waals surface area contributed by atoms with E-state index in [2.05, 4.69) is 4.72 Å². The zero-order chi connectivity index (χ0) is 15.9. The van der Waals surface area contributed by atoms with Crippen molar-refractivity contribution in [1.29, 1.82) is 5.26 Å². The third kappa shape index (κ3) is 4.80. The first-order chi connectivity index (χ1) is 9.96. The highest BCUT2D eigenvalue weighted by Crippen LogP contribution is 2.19. The van der Waals surface area contributed by atoms with Crippen molar-refractivity contribution in [2.45, 2.75) is 56.9 Å². The number of benzene rings is 1. The van der Waals surface area contributed by atoms with Gasteiger partial charge in [0, 0.05) is 6.04 Å². The SMILES string of the molecule is CCCCC(CCC)NS(=O)(=O)c1cccc(F)c1C#N. The van der Waals surface area contributed by atoms with Crippen LogP contribution < -0.4 is 4.72 Å². The molecule has 116 valence electrons. The molecule has 6 heteroatoms. The lowest BCUT2D eigenvalue weighted by atomic mass is 10.1. The van der Waals surface area contributed by atoms with Crippen molar-refractivity contribution in [1.82, 2.24) is 4.72 Å². The lowest BCUT2D eigenvalue weighted by molar-refractivity contribution is 0.482. The molecule has 0 fully saturated rings. The van der Waals surface area contributed by atoms with E-state index < -0.39 is 21.4 Å². The second-order valence-electron chi connectivity index (χ2n) is 4.97. The summed E-state index contributed by atoms with van der Waals surface area (Å²) in [6.45, 7) is 4.02. The van der Waals surface area contributed by atoms with E-state index in [0.717, 1.165) is 38.2 Å². The molecule has 0 aliphatic heterocycles. The predicted molar refractivity (Wildman–Crippen MR) is 79.7 cm³/mol. The van der Waals surface area contributed by atoms with Gasteiger partial charge in [-0.3, -0.25) is 0 Å². The molecule has 1 rings (SSSR count). The summed E-state index contributed by atoms with van der Waals surface area (Å²) in [6, 6.07) is 5.07. The Bertz CT molecular complexity index is 609. The molecule has 0 spiro atoms. The molecule has 1 aromatic carbocycles. The maximum absolute atomic E-state index is 13.6. The molecule has 1 unspecified atom stereocenters. The van der Waals surface area contributed by atoms with Gasteiger partial charge in [-0.2, -0.15) is 5.26 Å². The molecular weight excluding hydrogens is 291 g/mol. The summed E-state index contributed by atoms with van der Waals surface area (Å²) in [7, 11) is -3.89. The molecule has 1 N–H and O–H groups in total. The quantitative estimate of drug-likeness (QED) is 0.800. The number of nitriles is 1. The van der Waals surface area contributed by atoms with Gasteiger partial charge in [-0.1, -0.05) is 39.2 Å². The van der Waals surface area contributed by atoms with Crippen LogP contribution in [0.15, 0.2) is 23.1 Å². The number of nitrogens with zero attached hydrogens (tertiary/aromatic N) is 1. The molecule has 1 aromatic rings. The highest BCUT2D eigenvalue weighted by Gasteiger charge is 2.24. The molecule has 0 heterocycles. The van der Waals surface area contributed by atoms with Crippen LogP contribution in [0.2, 0.25) is 0 Å². The molecule has 0 aliphatic carbocycles. The number of hydrogen-bond acceptors (Lipinski definition) is 3. The molecule has 0 radical (unpaired) electrons. The smallest absolute Gasteiger partial charge is 0.208 e. The predicted octanol–water partition coefficient (Wildman–Crippen LogP) is 3.33. The molecular formula is C15H21FN2O2S. The Morgan fingerprint density at radius 2 is 2.00 bits per heavy atom. The van der Waals surface area contributed by atoms with Gasteiger partial charge >= 0.3 is 0 Å². The number of rotatable bonds is 8. The number of halogens is 1. The molecule has 1 atom stereocenters. The second kappa shape index (κ2) is 8.11. The van der Waals surface area contributed by atoms with Gasteiger partial charge in [-0.15, -0.1) is 0 Å². The third-order valence-corrected chi connectivity index (χ3v) is 4.80. The minimum atomic E-state index is -3.89. The molecule has 21 heavy (non-hydrogen) atoms. The Labute approximate surface area is 126 Å². The first-order valence-corrected chi connectivity index (χ1v) is 8.65. The van der Waals surface area contributed by atoms with E-state index in [1.165, 1.54) is 12.1 Å². The minimum absolute atomic E-state index is 0.185. The van der Waals surface area contributed by atoms with Crippen molar-refractivity contribution in [2.24, 2.45) is 0 Å². The summed E-state index contributed by atoms with van der Waals surface area (Å²) in [5, 5.41) is 8.96. The maximum Gasteiger partial charge on any atom is 0.242 e. The zero-order valence-corrected chi connectivity index (χ0v) is 13.2. The summed E-state index contributed by atoms with van der Waals surface area (Å²) >= 11 is 0. The first-order valence-electron chi connectivity index (χ1n) is 7.17. The molecule has 4 nitrogen and oxygen atoms in total. The van der Waals surface area contributed by atoms with Crippen LogP contribution in [0.4, 0.5) is 4.39 Å². The average Bonchev–Trinajstić information content (AvgIpc) is 2.44. The maximum atomic E-state index is 13.6. The third-order valence-electron chi connectivity index (χ3n) is 3.24. The summed E-state index contributed by atoms with van der Waals surface area (Å²) in [4.78, 5) is -0.289. The van der Waals surface area contributed by atoms with Gasteiger partial charge in [0.1, 0.15) is 22.3 Å². The molecule has 0 saturated carbocycles. The summed E-state index contributed by atoms with van der Waals surface area (Å²) in [5.41, 5.74) is -0.435. The lowest BCUT2D eigenvalue weighted by Crippen LogP contribution is -2.35. The molecule has 0 amide bonds. The first kappa shape index (κ1) is 17.6. The van der Waals surface area contributed by atoms with E-state index in [9.17, 15) is 12.8 Å². The fourth-order valence-electron chi connectivity index (χ4n) is 2.18. The zero-order valence-electron chi connectivity index (χ0n) is 12.4. The van der Waals surface area contributed by atoms with Crippen LogP contribution in [-0.2, 0) is 10.0 Å². The van der Waals surface area contributed by atoms with E-state index >= 15 is 0 Å². The monoisotopic (exact) mass is 312 g/mol. The van der Waals surface area contributed by atoms with Gasteiger partial charge in [0.15, 0.2) is 0 Å². The van der Waals surface area contributed by atoms with Gasteiger partial charge in [-0.25, -0.2) is 17.5 Å². The van der Waals surface area contributed by atoms with Crippen molar-refractivity contribution in [3.05, 3.63) is 29.6 Å². The van der Waals surface area contributed by atoms with Gasteiger partial charge in [0.2, 0.25) is 10.0 Å². The van der Waals surface area contributed by atoms with Gasteiger partial charge < -0.3 is 0 Å². The Morgan fingerprint density at radius 1 is 1.29 bits per heavy atom. The number of hydrogen-bond donors (Lipinski definition) is 1. The van der Waals surface area contributed by atoms with Crippen LogP contribution >= 0.6 is 0 Å². The van der Waals surface area contributed by atoms with E-state index in [0.29, 0.717) is 0 Å². The average molecular weight is 312 g/mol. The highest BCUT2D eigenvalue weighted by molar-refractivity contribution is 7.89. The fourth-order valence-corrected chi connectivity index (χ4v) is 3.65. The van der Waals surface area contributed by atoms with Gasteiger partial charge in [0.05, 0.1) is 0 Å². The van der Waals surface area contributed by atoms with Crippen molar-refractivity contribution >= 4 is 10.0 Å². The standard InChI is InChI=1S/C15H21FN2O2S/c1-3-5-8-12(7-4-2)18-21(19,20)15-10-6-9-14(16)13(15)11-17/h6,9-10,12,18H,3-5,7-8H2,1-2H3. The Hall–Kier alpha value is -1.45. The summed E-state index contributed by atoms with van der Waals surface area (Å²) in [6.07, 6.45) is 4.20. The van der Waals surface area contributed by atoms with E-state index in [1.807, 2.05) is 13.8 Å². The molecule has 0 aromatic heterocycles. The normalized spacial score (nSPS) is 12.9. The van der Waals surface area contributed by atoms with Crippen LogP contribution in [0.1, 0.15) is 51.5 Å². The second-order valence-corrected chi connectivity index (χ2v) is 6.66. The van der Waals surface area contributed by atoms with Crippen LogP contribution in [0.25, 0.3) is 0 Å². The topological polar surface area (TPSA) is 70.0 Å². The highest BCUT2D eigenvalue weighted by atomic mass is 32.2. The number of sulfonamides is 1. The van der Waals surface area contributed by atoms with Crippen LogP contribution in [0.3, 0.4) is 0 Å². The van der Waals surface area contributed by atoms with E-state index in [4.69, 9.17) is 5.26 Å².